The van der Waals surface area contributed by atoms with E-state index in [1.54, 1.807) is 24.3 Å². The molecule has 6 heteroatoms. The van der Waals surface area contributed by atoms with E-state index < -0.39 is 16.1 Å². The highest BCUT2D eigenvalue weighted by atomic mass is 32.2. The van der Waals surface area contributed by atoms with Gasteiger partial charge in [-0.15, -0.1) is 0 Å². The van der Waals surface area contributed by atoms with Gasteiger partial charge in [-0.25, -0.2) is 8.42 Å². The molecule has 0 saturated carbocycles. The zero-order chi connectivity index (χ0) is 22.7. The van der Waals surface area contributed by atoms with Crippen molar-refractivity contribution in [2.45, 2.75) is 50.7 Å². The third-order valence-corrected chi connectivity index (χ3v) is 7.90. The van der Waals surface area contributed by atoms with Crippen molar-refractivity contribution in [3.05, 3.63) is 101 Å². The maximum Gasteiger partial charge on any atom is 0.244 e. The molecule has 0 saturated heterocycles. The minimum absolute atomic E-state index is 0.176. The largest absolute Gasteiger partial charge is 0.351 e. The monoisotopic (exact) mass is 448 g/mol. The molecule has 1 aliphatic heterocycles. The maximum atomic E-state index is 13.5. The summed E-state index contributed by atoms with van der Waals surface area (Å²) in [4.78, 5) is 13.4. The number of hydrogen-bond donors (Lipinski definition) is 1. The molecule has 1 amide bonds. The van der Waals surface area contributed by atoms with Crippen molar-refractivity contribution < 1.29 is 13.2 Å². The molecule has 32 heavy (non-hydrogen) atoms. The molecule has 0 fully saturated rings. The zero-order valence-corrected chi connectivity index (χ0v) is 19.2. The van der Waals surface area contributed by atoms with Crippen molar-refractivity contribution in [3.63, 3.8) is 0 Å². The van der Waals surface area contributed by atoms with Crippen LogP contribution in [-0.2, 0) is 40.7 Å². The number of benzene rings is 3. The Labute approximate surface area is 190 Å². The van der Waals surface area contributed by atoms with E-state index in [-0.39, 0.29) is 17.3 Å². The van der Waals surface area contributed by atoms with E-state index in [2.05, 4.69) is 12.2 Å². The Hall–Kier alpha value is -2.96. The van der Waals surface area contributed by atoms with Crippen LogP contribution in [0, 0.1) is 6.92 Å². The fourth-order valence-electron chi connectivity index (χ4n) is 4.02. The van der Waals surface area contributed by atoms with E-state index in [0.29, 0.717) is 13.0 Å². The molecular formula is C26H28N2O3S. The molecule has 1 heterocycles. The lowest BCUT2D eigenvalue weighted by Gasteiger charge is -2.35. The molecule has 4 rings (SSSR count). The van der Waals surface area contributed by atoms with Crippen LogP contribution in [0.15, 0.2) is 77.7 Å². The van der Waals surface area contributed by atoms with Gasteiger partial charge >= 0.3 is 0 Å². The van der Waals surface area contributed by atoms with Crippen molar-refractivity contribution >= 4 is 15.9 Å². The van der Waals surface area contributed by atoms with E-state index in [0.717, 1.165) is 28.7 Å². The lowest BCUT2D eigenvalue weighted by molar-refractivity contribution is -0.125. The van der Waals surface area contributed by atoms with Crippen LogP contribution in [0.5, 0.6) is 0 Å². The number of nitrogens with zero attached hydrogens (tertiary/aromatic N) is 1. The number of hydrogen-bond acceptors (Lipinski definition) is 3. The maximum absolute atomic E-state index is 13.5. The van der Waals surface area contributed by atoms with E-state index in [4.69, 9.17) is 0 Å². The lowest BCUT2D eigenvalue weighted by Crippen LogP contribution is -2.52. The molecule has 0 unspecified atom stereocenters. The SMILES string of the molecule is CCc1ccc(CNC(=O)[C@@H]2Cc3ccccc3CN2S(=O)(=O)c2ccc(C)cc2)cc1. The zero-order valence-electron chi connectivity index (χ0n) is 18.4. The number of rotatable bonds is 6. The van der Waals surface area contributed by atoms with Crippen molar-refractivity contribution in [1.29, 1.82) is 0 Å². The summed E-state index contributed by atoms with van der Waals surface area (Å²) in [7, 11) is -3.84. The minimum atomic E-state index is -3.84. The molecule has 0 bridgehead atoms. The Kier molecular flexibility index (Phi) is 6.44. The molecule has 1 aliphatic rings. The summed E-state index contributed by atoms with van der Waals surface area (Å²) in [5.41, 5.74) is 5.15. The molecule has 0 spiro atoms. The van der Waals surface area contributed by atoms with Crippen LogP contribution in [0.25, 0.3) is 0 Å². The van der Waals surface area contributed by atoms with Gasteiger partial charge in [0.05, 0.1) is 4.90 Å². The molecule has 0 aromatic heterocycles. The summed E-state index contributed by atoms with van der Waals surface area (Å²) >= 11 is 0. The van der Waals surface area contributed by atoms with Gasteiger partial charge in [0, 0.05) is 13.1 Å². The van der Waals surface area contributed by atoms with E-state index in [1.165, 1.54) is 9.87 Å². The second kappa shape index (κ2) is 9.27. The number of nitrogens with one attached hydrogen (secondary N) is 1. The van der Waals surface area contributed by atoms with Gasteiger partial charge in [-0.05, 0) is 54.2 Å². The van der Waals surface area contributed by atoms with Gasteiger partial charge in [-0.1, -0.05) is 73.2 Å². The fourth-order valence-corrected chi connectivity index (χ4v) is 5.59. The van der Waals surface area contributed by atoms with E-state index >= 15 is 0 Å². The first-order chi connectivity index (χ1) is 15.4. The first-order valence-corrected chi connectivity index (χ1v) is 12.3. The molecule has 166 valence electrons. The summed E-state index contributed by atoms with van der Waals surface area (Å²) in [6, 6.07) is 21.8. The molecule has 1 atom stereocenters. The Balaban J connectivity index is 1.60. The molecule has 0 aliphatic carbocycles. The van der Waals surface area contributed by atoms with E-state index in [1.807, 2.05) is 55.5 Å². The molecule has 5 nitrogen and oxygen atoms in total. The predicted octanol–water partition coefficient (Wildman–Crippen LogP) is 3.99. The minimum Gasteiger partial charge on any atom is -0.351 e. The van der Waals surface area contributed by atoms with Gasteiger partial charge in [0.2, 0.25) is 15.9 Å². The number of aryl methyl sites for hydroxylation is 2. The average Bonchev–Trinajstić information content (AvgIpc) is 2.82. The van der Waals surface area contributed by atoms with Crippen molar-refractivity contribution in [2.24, 2.45) is 0 Å². The van der Waals surface area contributed by atoms with Crippen LogP contribution in [0.2, 0.25) is 0 Å². The second-order valence-electron chi connectivity index (χ2n) is 8.24. The number of sulfonamides is 1. The predicted molar refractivity (Wildman–Crippen MR) is 126 cm³/mol. The van der Waals surface area contributed by atoms with Gasteiger partial charge < -0.3 is 5.32 Å². The third-order valence-electron chi connectivity index (χ3n) is 6.03. The van der Waals surface area contributed by atoms with Gasteiger partial charge in [-0.2, -0.15) is 4.31 Å². The summed E-state index contributed by atoms with van der Waals surface area (Å²) in [5, 5.41) is 2.95. The molecule has 1 N–H and O–H groups in total. The van der Waals surface area contributed by atoms with Crippen LogP contribution in [0.3, 0.4) is 0 Å². The Bertz CT molecular complexity index is 1200. The van der Waals surface area contributed by atoms with E-state index in [9.17, 15) is 13.2 Å². The Morgan fingerprint density at radius 1 is 0.938 bits per heavy atom. The first kappa shape index (κ1) is 22.2. The van der Waals surface area contributed by atoms with Gasteiger partial charge in [0.25, 0.3) is 0 Å². The first-order valence-electron chi connectivity index (χ1n) is 10.9. The second-order valence-corrected chi connectivity index (χ2v) is 10.1. The fraction of sp³-hybridized carbons (Fsp3) is 0.269. The Morgan fingerprint density at radius 3 is 2.22 bits per heavy atom. The lowest BCUT2D eigenvalue weighted by atomic mass is 9.95. The number of carbonyl (C=O) groups excluding carboxylic acids is 1. The smallest absolute Gasteiger partial charge is 0.244 e. The van der Waals surface area contributed by atoms with Crippen LogP contribution < -0.4 is 5.32 Å². The van der Waals surface area contributed by atoms with Gasteiger partial charge in [0.15, 0.2) is 0 Å². The summed E-state index contributed by atoms with van der Waals surface area (Å²) in [6.45, 7) is 4.55. The molecule has 0 radical (unpaired) electrons. The topological polar surface area (TPSA) is 66.5 Å². The standard InChI is InChI=1S/C26H28N2O3S/c1-3-20-10-12-21(13-11-20)17-27-26(29)25-16-22-6-4-5-7-23(22)18-28(25)32(30,31)24-14-8-19(2)9-15-24/h4-15,25H,3,16-18H2,1-2H3,(H,27,29)/t25-/m0/s1. The van der Waals surface area contributed by atoms with Crippen molar-refractivity contribution in [2.75, 3.05) is 0 Å². The number of carbonyl (C=O) groups is 1. The van der Waals surface area contributed by atoms with Crippen LogP contribution >= 0.6 is 0 Å². The normalized spacial score (nSPS) is 16.4. The Morgan fingerprint density at radius 2 is 1.56 bits per heavy atom. The van der Waals surface area contributed by atoms with Crippen molar-refractivity contribution in [3.8, 4) is 0 Å². The van der Waals surface area contributed by atoms with Crippen LogP contribution in [0.4, 0.5) is 0 Å². The molecule has 3 aromatic carbocycles. The van der Waals surface area contributed by atoms with Crippen molar-refractivity contribution in [1.82, 2.24) is 9.62 Å². The highest BCUT2D eigenvalue weighted by Gasteiger charge is 2.39. The van der Waals surface area contributed by atoms with Gasteiger partial charge in [0.1, 0.15) is 6.04 Å². The summed E-state index contributed by atoms with van der Waals surface area (Å²) < 4.78 is 28.4. The molecular weight excluding hydrogens is 420 g/mol. The average molecular weight is 449 g/mol. The van der Waals surface area contributed by atoms with Crippen LogP contribution in [0.1, 0.15) is 34.7 Å². The van der Waals surface area contributed by atoms with Gasteiger partial charge in [-0.3, -0.25) is 4.79 Å². The molecule has 3 aromatic rings. The summed E-state index contributed by atoms with van der Waals surface area (Å²) in [6.07, 6.45) is 1.31. The van der Waals surface area contributed by atoms with Crippen LogP contribution in [-0.4, -0.2) is 24.7 Å². The third kappa shape index (κ3) is 4.61. The highest BCUT2D eigenvalue weighted by Crippen LogP contribution is 2.29. The number of amides is 1. The highest BCUT2D eigenvalue weighted by molar-refractivity contribution is 7.89. The summed E-state index contributed by atoms with van der Waals surface area (Å²) in [5.74, 6) is -0.283. The quantitative estimate of drug-likeness (QED) is 0.620. The number of fused-ring (bicyclic) bond motifs is 1.